The van der Waals surface area contributed by atoms with Crippen molar-refractivity contribution in [2.24, 2.45) is 0 Å². The first-order chi connectivity index (χ1) is 10.2. The quantitative estimate of drug-likeness (QED) is 0.844. The van der Waals surface area contributed by atoms with Crippen molar-refractivity contribution in [1.29, 1.82) is 0 Å². The topological polar surface area (TPSA) is 37.4 Å². The lowest BCUT2D eigenvalue weighted by atomic mass is 10.2. The number of hydrogen-bond acceptors (Lipinski definition) is 4. The second-order valence-corrected chi connectivity index (χ2v) is 5.12. The van der Waals surface area contributed by atoms with Crippen molar-refractivity contribution >= 4 is 11.5 Å². The summed E-state index contributed by atoms with van der Waals surface area (Å²) < 4.78 is 5.90. The zero-order chi connectivity index (χ0) is 15.1. The molecule has 0 spiro atoms. The number of rotatable bonds is 7. The van der Waals surface area contributed by atoms with E-state index < -0.39 is 0 Å². The predicted octanol–water partition coefficient (Wildman–Crippen LogP) is 3.55. The zero-order valence-electron chi connectivity index (χ0n) is 13.0. The van der Waals surface area contributed by atoms with Gasteiger partial charge in [0.15, 0.2) is 0 Å². The van der Waals surface area contributed by atoms with Gasteiger partial charge in [-0.15, -0.1) is 0 Å². The third-order valence-corrected chi connectivity index (χ3v) is 3.16. The Hall–Kier alpha value is -2.23. The number of aromatic nitrogens is 1. The Balaban J connectivity index is 2.04. The minimum absolute atomic E-state index is 0.511. The highest BCUT2D eigenvalue weighted by molar-refractivity contribution is 5.49. The maximum absolute atomic E-state index is 5.90. The molecule has 2 rings (SSSR count). The van der Waals surface area contributed by atoms with Crippen LogP contribution in [0.5, 0.6) is 5.75 Å². The summed E-state index contributed by atoms with van der Waals surface area (Å²) >= 11 is 0. The smallest absolute Gasteiger partial charge is 0.132 e. The second kappa shape index (κ2) is 7.53. The Morgan fingerprint density at radius 1 is 1.19 bits per heavy atom. The molecule has 4 heteroatoms. The fourth-order valence-corrected chi connectivity index (χ4v) is 1.97. The highest BCUT2D eigenvalue weighted by Gasteiger charge is 2.04. The van der Waals surface area contributed by atoms with Crippen LogP contribution < -0.4 is 15.0 Å². The van der Waals surface area contributed by atoms with Crippen LogP contribution in [0.4, 0.5) is 11.5 Å². The van der Waals surface area contributed by atoms with E-state index in [9.17, 15) is 0 Å². The van der Waals surface area contributed by atoms with Gasteiger partial charge in [0, 0.05) is 44.2 Å². The van der Waals surface area contributed by atoms with Crippen molar-refractivity contribution in [3.05, 3.63) is 48.2 Å². The zero-order valence-corrected chi connectivity index (χ0v) is 13.0. The first kappa shape index (κ1) is 15.2. The van der Waals surface area contributed by atoms with E-state index >= 15 is 0 Å². The maximum atomic E-state index is 5.90. The number of hydrogen-bond donors (Lipinski definition) is 1. The lowest BCUT2D eigenvalue weighted by molar-refractivity contribution is 0.306. The van der Waals surface area contributed by atoms with E-state index in [2.05, 4.69) is 28.2 Å². The van der Waals surface area contributed by atoms with Crippen molar-refractivity contribution in [3.63, 3.8) is 0 Å². The molecule has 0 aliphatic rings. The summed E-state index contributed by atoms with van der Waals surface area (Å²) in [6.07, 6.45) is 2.87. The van der Waals surface area contributed by atoms with Crippen LogP contribution in [0.2, 0.25) is 0 Å². The van der Waals surface area contributed by atoms with Gasteiger partial charge in [-0.25, -0.2) is 4.98 Å². The van der Waals surface area contributed by atoms with E-state index in [1.165, 1.54) is 0 Å². The molecule has 0 amide bonds. The Bertz CT molecular complexity index is 569. The molecule has 0 radical (unpaired) electrons. The summed E-state index contributed by atoms with van der Waals surface area (Å²) in [4.78, 5) is 6.44. The molecular formula is C17H23N3O. The first-order valence-corrected chi connectivity index (χ1v) is 7.28. The number of anilines is 2. The van der Waals surface area contributed by atoms with Crippen molar-refractivity contribution < 1.29 is 4.74 Å². The largest absolute Gasteiger partial charge is 0.489 e. The summed E-state index contributed by atoms with van der Waals surface area (Å²) in [6.45, 7) is 3.57. The van der Waals surface area contributed by atoms with Crippen molar-refractivity contribution in [1.82, 2.24) is 4.98 Å². The number of ether oxygens (including phenoxy) is 1. The molecule has 0 aliphatic carbocycles. The molecule has 1 heterocycles. The summed E-state index contributed by atoms with van der Waals surface area (Å²) in [5.74, 6) is 1.77. The molecule has 0 atom stereocenters. The molecule has 1 aromatic carbocycles. The monoisotopic (exact) mass is 285 g/mol. The van der Waals surface area contributed by atoms with Crippen LogP contribution in [0.3, 0.4) is 0 Å². The molecule has 2 aromatic rings. The molecule has 0 bridgehead atoms. The standard InChI is InChI=1S/C17H23N3O/c1-4-10-18-17-14(7-6-11-19-17)13-21-16-9-5-8-15(12-16)20(2)3/h5-9,11-12H,4,10,13H2,1-3H3,(H,18,19). The van der Waals surface area contributed by atoms with Crippen LogP contribution in [0.25, 0.3) is 0 Å². The van der Waals surface area contributed by atoms with E-state index in [1.54, 1.807) is 6.20 Å². The van der Waals surface area contributed by atoms with E-state index in [-0.39, 0.29) is 0 Å². The maximum Gasteiger partial charge on any atom is 0.132 e. The van der Waals surface area contributed by atoms with Gasteiger partial charge in [0.1, 0.15) is 18.2 Å². The van der Waals surface area contributed by atoms with E-state index in [0.29, 0.717) is 6.61 Å². The lowest BCUT2D eigenvalue weighted by Gasteiger charge is -2.15. The molecule has 0 saturated heterocycles. The highest BCUT2D eigenvalue weighted by atomic mass is 16.5. The van der Waals surface area contributed by atoms with Crippen LogP contribution in [-0.4, -0.2) is 25.6 Å². The Morgan fingerprint density at radius 3 is 2.81 bits per heavy atom. The fourth-order valence-electron chi connectivity index (χ4n) is 1.97. The minimum Gasteiger partial charge on any atom is -0.489 e. The van der Waals surface area contributed by atoms with Gasteiger partial charge >= 0.3 is 0 Å². The number of nitrogens with zero attached hydrogens (tertiary/aromatic N) is 2. The van der Waals surface area contributed by atoms with Gasteiger partial charge in [0.05, 0.1) is 0 Å². The van der Waals surface area contributed by atoms with Gasteiger partial charge in [-0.1, -0.05) is 19.1 Å². The lowest BCUT2D eigenvalue weighted by Crippen LogP contribution is -2.09. The number of pyridine rings is 1. The molecule has 1 N–H and O–H groups in total. The molecule has 4 nitrogen and oxygen atoms in total. The van der Waals surface area contributed by atoms with Crippen LogP contribution in [-0.2, 0) is 6.61 Å². The van der Waals surface area contributed by atoms with Gasteiger partial charge in [-0.3, -0.25) is 0 Å². The molecule has 112 valence electrons. The average Bonchev–Trinajstić information content (AvgIpc) is 2.52. The van der Waals surface area contributed by atoms with Crippen LogP contribution in [0, 0.1) is 0 Å². The van der Waals surface area contributed by atoms with Crippen LogP contribution in [0.1, 0.15) is 18.9 Å². The normalized spacial score (nSPS) is 10.2. The van der Waals surface area contributed by atoms with E-state index in [4.69, 9.17) is 4.74 Å². The Morgan fingerprint density at radius 2 is 2.05 bits per heavy atom. The summed E-state index contributed by atoms with van der Waals surface area (Å²) in [5, 5.41) is 3.33. The molecule has 1 aromatic heterocycles. The highest BCUT2D eigenvalue weighted by Crippen LogP contribution is 2.21. The number of nitrogens with one attached hydrogen (secondary N) is 1. The van der Waals surface area contributed by atoms with Gasteiger partial charge in [0.25, 0.3) is 0 Å². The Kier molecular flexibility index (Phi) is 5.43. The van der Waals surface area contributed by atoms with Crippen LogP contribution >= 0.6 is 0 Å². The average molecular weight is 285 g/mol. The summed E-state index contributed by atoms with van der Waals surface area (Å²) in [5.41, 5.74) is 2.20. The second-order valence-electron chi connectivity index (χ2n) is 5.12. The SMILES string of the molecule is CCCNc1ncccc1COc1cccc(N(C)C)c1. The van der Waals surface area contributed by atoms with Gasteiger partial charge in [-0.2, -0.15) is 0 Å². The minimum atomic E-state index is 0.511. The third kappa shape index (κ3) is 4.38. The summed E-state index contributed by atoms with van der Waals surface area (Å²) in [7, 11) is 4.04. The predicted molar refractivity (Wildman–Crippen MR) is 88.1 cm³/mol. The number of benzene rings is 1. The summed E-state index contributed by atoms with van der Waals surface area (Å²) in [6, 6.07) is 12.1. The molecule has 0 fully saturated rings. The van der Waals surface area contributed by atoms with Gasteiger partial charge in [0.2, 0.25) is 0 Å². The van der Waals surface area contributed by atoms with E-state index in [1.807, 2.05) is 44.4 Å². The fraction of sp³-hybridized carbons (Fsp3) is 0.353. The first-order valence-electron chi connectivity index (χ1n) is 7.28. The van der Waals surface area contributed by atoms with Crippen molar-refractivity contribution in [2.45, 2.75) is 20.0 Å². The van der Waals surface area contributed by atoms with Gasteiger partial charge in [-0.05, 0) is 24.6 Å². The molecule has 21 heavy (non-hydrogen) atoms. The Labute approximate surface area is 126 Å². The molecular weight excluding hydrogens is 262 g/mol. The van der Waals surface area contributed by atoms with Gasteiger partial charge < -0.3 is 15.0 Å². The van der Waals surface area contributed by atoms with Crippen molar-refractivity contribution in [2.75, 3.05) is 30.9 Å². The van der Waals surface area contributed by atoms with E-state index in [0.717, 1.165) is 35.8 Å². The molecule has 0 unspecified atom stereocenters. The molecule has 0 aliphatic heterocycles. The molecule has 0 saturated carbocycles. The van der Waals surface area contributed by atoms with Crippen LogP contribution in [0.15, 0.2) is 42.6 Å². The van der Waals surface area contributed by atoms with Crippen molar-refractivity contribution in [3.8, 4) is 5.75 Å². The third-order valence-electron chi connectivity index (χ3n) is 3.16.